The molecule has 54 valence electrons. The molecule has 1 rings (SSSR count). The van der Waals surface area contributed by atoms with Gasteiger partial charge in [0.1, 0.15) is 11.5 Å². The molecule has 0 aliphatic rings. The average molecular weight is 162 g/mol. The summed E-state index contributed by atoms with van der Waals surface area (Å²) in [5.74, 6) is -0.148. The Balaban J connectivity index is 2.94. The summed E-state index contributed by atoms with van der Waals surface area (Å²) in [7, 11) is -2.56. The lowest BCUT2D eigenvalue weighted by atomic mass is 10.3. The zero-order chi connectivity index (χ0) is 10.1. The van der Waals surface area contributed by atoms with Crippen LogP contribution in [0.2, 0.25) is 5.02 Å². The quantitative estimate of drug-likeness (QED) is 0.683. The highest BCUT2D eigenvalue weighted by atomic mass is 35.5. The van der Waals surface area contributed by atoms with Crippen LogP contribution in [-0.4, -0.2) is 12.1 Å². The lowest BCUT2D eigenvalue weighted by molar-refractivity contribution is 0.408. The first-order valence-corrected chi connectivity index (χ1v) is 2.94. The van der Waals surface area contributed by atoms with Crippen LogP contribution in [0.25, 0.3) is 0 Å². The standard InChI is InChI=1S/C7H7ClO2/c1-10-7-4-5(9)2-3-6(7)8/h2-4,9H,1H3/i1D3. The normalized spacial score (nSPS) is 15.1. The summed E-state index contributed by atoms with van der Waals surface area (Å²) >= 11 is 5.62. The smallest absolute Gasteiger partial charge is 0.141 e. The molecule has 2 nitrogen and oxygen atoms in total. The molecule has 0 saturated heterocycles. The van der Waals surface area contributed by atoms with Gasteiger partial charge in [0, 0.05) is 6.07 Å². The Morgan fingerprint density at radius 1 is 1.70 bits per heavy atom. The van der Waals surface area contributed by atoms with Gasteiger partial charge < -0.3 is 9.84 Å². The van der Waals surface area contributed by atoms with Crippen LogP contribution in [0.3, 0.4) is 0 Å². The second kappa shape index (κ2) is 2.80. The van der Waals surface area contributed by atoms with E-state index in [0.29, 0.717) is 0 Å². The van der Waals surface area contributed by atoms with E-state index >= 15 is 0 Å². The minimum Gasteiger partial charge on any atom is -0.508 e. The number of hydrogen-bond donors (Lipinski definition) is 1. The van der Waals surface area contributed by atoms with Crippen LogP contribution in [0.15, 0.2) is 18.2 Å². The van der Waals surface area contributed by atoms with Gasteiger partial charge in [-0.3, -0.25) is 0 Å². The van der Waals surface area contributed by atoms with E-state index in [4.69, 9.17) is 20.8 Å². The lowest BCUT2D eigenvalue weighted by Crippen LogP contribution is -1.82. The van der Waals surface area contributed by atoms with Gasteiger partial charge in [0.25, 0.3) is 0 Å². The number of halogens is 1. The van der Waals surface area contributed by atoms with E-state index in [1.54, 1.807) is 0 Å². The second-order valence-electron chi connectivity index (χ2n) is 1.72. The summed E-state index contributed by atoms with van der Waals surface area (Å²) in [4.78, 5) is 0. The minimum atomic E-state index is -2.56. The molecule has 0 amide bonds. The van der Waals surface area contributed by atoms with Crippen LogP contribution < -0.4 is 4.74 Å². The molecule has 0 saturated carbocycles. The van der Waals surface area contributed by atoms with Crippen molar-refractivity contribution in [2.24, 2.45) is 0 Å². The number of phenolic OH excluding ortho intramolecular Hbond substituents is 1. The Bertz CT molecular complexity index is 311. The summed E-state index contributed by atoms with van der Waals surface area (Å²) in [6.07, 6.45) is 0. The molecule has 1 aromatic carbocycles. The number of phenols is 1. The molecule has 0 atom stereocenters. The second-order valence-corrected chi connectivity index (χ2v) is 2.12. The van der Waals surface area contributed by atoms with Gasteiger partial charge in [-0.15, -0.1) is 0 Å². The van der Waals surface area contributed by atoms with Gasteiger partial charge >= 0.3 is 0 Å². The van der Waals surface area contributed by atoms with Gasteiger partial charge in [0.15, 0.2) is 0 Å². The maximum Gasteiger partial charge on any atom is 0.141 e. The third kappa shape index (κ3) is 1.33. The number of aromatic hydroxyl groups is 1. The fraction of sp³-hybridized carbons (Fsp3) is 0.143. The van der Waals surface area contributed by atoms with Crippen molar-refractivity contribution in [2.45, 2.75) is 0 Å². The molecule has 0 spiro atoms. The van der Waals surface area contributed by atoms with Crippen molar-refractivity contribution in [3.8, 4) is 11.5 Å². The Morgan fingerprint density at radius 3 is 3.20 bits per heavy atom. The fourth-order valence-electron chi connectivity index (χ4n) is 0.570. The molecule has 0 unspecified atom stereocenters. The number of rotatable bonds is 1. The first kappa shape index (κ1) is 4.09. The molecule has 0 fully saturated rings. The Hall–Kier alpha value is -0.890. The van der Waals surface area contributed by atoms with Crippen LogP contribution in [0, 0.1) is 0 Å². The predicted octanol–water partition coefficient (Wildman–Crippen LogP) is 2.05. The van der Waals surface area contributed by atoms with Crippen molar-refractivity contribution >= 4 is 11.6 Å². The molecule has 1 N–H and O–H groups in total. The summed E-state index contributed by atoms with van der Waals surface area (Å²) in [5, 5.41) is 9.16. The first-order chi connectivity index (χ1) is 5.88. The SMILES string of the molecule is [2H]C([2H])([2H])Oc1cc(O)ccc1Cl. The first-order valence-electron chi connectivity index (χ1n) is 4.06. The summed E-state index contributed by atoms with van der Waals surface area (Å²) in [5.41, 5.74) is 0. The third-order valence-corrected chi connectivity index (χ3v) is 1.34. The highest BCUT2D eigenvalue weighted by Gasteiger charge is 1.98. The zero-order valence-corrected chi connectivity index (χ0v) is 5.72. The van der Waals surface area contributed by atoms with E-state index in [2.05, 4.69) is 4.74 Å². The van der Waals surface area contributed by atoms with E-state index in [1.165, 1.54) is 12.1 Å². The van der Waals surface area contributed by atoms with E-state index in [9.17, 15) is 0 Å². The van der Waals surface area contributed by atoms with Crippen LogP contribution in [0.5, 0.6) is 11.5 Å². The average Bonchev–Trinajstić information content (AvgIpc) is 1.94. The number of ether oxygens (including phenoxy) is 1. The van der Waals surface area contributed by atoms with Crippen molar-refractivity contribution in [2.75, 3.05) is 7.04 Å². The fourth-order valence-corrected chi connectivity index (χ4v) is 0.726. The number of methoxy groups -OCH3 is 1. The van der Waals surface area contributed by atoms with Gasteiger partial charge in [0.2, 0.25) is 0 Å². The van der Waals surface area contributed by atoms with Crippen LogP contribution in [0.4, 0.5) is 0 Å². The topological polar surface area (TPSA) is 29.5 Å². The Morgan fingerprint density at radius 2 is 2.50 bits per heavy atom. The third-order valence-electron chi connectivity index (χ3n) is 1.02. The summed E-state index contributed by atoms with van der Waals surface area (Å²) in [6.45, 7) is 0. The van der Waals surface area contributed by atoms with Gasteiger partial charge in [-0.05, 0) is 12.1 Å². The molecule has 10 heavy (non-hydrogen) atoms. The Labute approximate surface area is 68.2 Å². The van der Waals surface area contributed by atoms with Crippen molar-refractivity contribution in [1.29, 1.82) is 0 Å². The van der Waals surface area contributed by atoms with E-state index in [0.717, 1.165) is 6.07 Å². The van der Waals surface area contributed by atoms with E-state index in [1.807, 2.05) is 0 Å². The van der Waals surface area contributed by atoms with Crippen LogP contribution >= 0.6 is 11.6 Å². The lowest BCUT2D eigenvalue weighted by Gasteiger charge is -2.01. The zero-order valence-electron chi connectivity index (χ0n) is 7.97. The molecule has 0 heterocycles. The highest BCUT2D eigenvalue weighted by Crippen LogP contribution is 2.27. The predicted molar refractivity (Wildman–Crippen MR) is 39.7 cm³/mol. The molecule has 0 aromatic heterocycles. The maximum absolute atomic E-state index is 9.01. The van der Waals surface area contributed by atoms with Gasteiger partial charge in [-0.1, -0.05) is 11.6 Å². The van der Waals surface area contributed by atoms with Crippen molar-refractivity contribution < 1.29 is 14.0 Å². The van der Waals surface area contributed by atoms with Crippen molar-refractivity contribution in [1.82, 2.24) is 0 Å². The van der Waals surface area contributed by atoms with Crippen molar-refractivity contribution in [3.63, 3.8) is 0 Å². The van der Waals surface area contributed by atoms with Gasteiger partial charge in [0.05, 0.1) is 16.2 Å². The Kier molecular flexibility index (Phi) is 1.14. The monoisotopic (exact) mass is 161 g/mol. The molecule has 0 aliphatic heterocycles. The molecule has 0 aliphatic carbocycles. The van der Waals surface area contributed by atoms with Gasteiger partial charge in [-0.25, -0.2) is 0 Å². The van der Waals surface area contributed by atoms with Gasteiger partial charge in [-0.2, -0.15) is 0 Å². The largest absolute Gasteiger partial charge is 0.508 e. The summed E-state index contributed by atoms with van der Waals surface area (Å²) < 4.78 is 24.9. The van der Waals surface area contributed by atoms with Crippen LogP contribution in [0.1, 0.15) is 4.11 Å². The molecular weight excluding hydrogens is 152 g/mol. The highest BCUT2D eigenvalue weighted by molar-refractivity contribution is 6.32. The maximum atomic E-state index is 9.01. The molecule has 1 aromatic rings. The van der Waals surface area contributed by atoms with E-state index < -0.39 is 7.04 Å². The summed E-state index contributed by atoms with van der Waals surface area (Å²) in [6, 6.07) is 3.85. The molecule has 0 bridgehead atoms. The number of hydrogen-bond acceptors (Lipinski definition) is 2. The number of benzene rings is 1. The molecular formula is C7H7ClO2. The van der Waals surface area contributed by atoms with Crippen molar-refractivity contribution in [3.05, 3.63) is 23.2 Å². The van der Waals surface area contributed by atoms with E-state index in [-0.39, 0.29) is 16.5 Å². The van der Waals surface area contributed by atoms with Crippen LogP contribution in [-0.2, 0) is 0 Å². The molecule has 3 heteroatoms. The minimum absolute atomic E-state index is 0.0540. The molecule has 0 radical (unpaired) electrons.